The van der Waals surface area contributed by atoms with Gasteiger partial charge in [0.2, 0.25) is 0 Å². The number of hydrogen-bond acceptors (Lipinski definition) is 4. The number of anilines is 1. The Kier molecular flexibility index (Phi) is 7.30. The van der Waals surface area contributed by atoms with Crippen LogP contribution in [0.2, 0.25) is 10.0 Å². The summed E-state index contributed by atoms with van der Waals surface area (Å²) in [5, 5.41) is 3.53. The topological polar surface area (TPSA) is 64.6 Å². The normalized spacial score (nSPS) is 11.5. The summed E-state index contributed by atoms with van der Waals surface area (Å²) in [4.78, 5) is 24.2. The molecule has 1 N–H and O–H groups in total. The van der Waals surface area contributed by atoms with E-state index in [2.05, 4.69) is 5.32 Å². The standard InChI is InChI=1S/C19H19Cl2NO4/c1-3-17(26-14-8-5-12(20)6-9-14)18(23)22-13-7-10-15(16(21)11-13)19(24)25-4-2/h5-11,17H,3-4H2,1-2H3,(H,22,23). The van der Waals surface area contributed by atoms with Gasteiger partial charge < -0.3 is 14.8 Å². The summed E-state index contributed by atoms with van der Waals surface area (Å²) < 4.78 is 10.6. The molecular weight excluding hydrogens is 377 g/mol. The molecule has 0 aromatic heterocycles. The van der Waals surface area contributed by atoms with Crippen molar-refractivity contribution < 1.29 is 19.1 Å². The van der Waals surface area contributed by atoms with Gasteiger partial charge in [-0.2, -0.15) is 0 Å². The van der Waals surface area contributed by atoms with Crippen molar-refractivity contribution in [2.24, 2.45) is 0 Å². The fourth-order valence-electron chi connectivity index (χ4n) is 2.19. The molecule has 2 aromatic carbocycles. The zero-order valence-corrected chi connectivity index (χ0v) is 15.9. The largest absolute Gasteiger partial charge is 0.481 e. The van der Waals surface area contributed by atoms with E-state index in [0.29, 0.717) is 22.9 Å². The van der Waals surface area contributed by atoms with Crippen LogP contribution in [0.3, 0.4) is 0 Å². The van der Waals surface area contributed by atoms with Gasteiger partial charge in [-0.25, -0.2) is 4.79 Å². The molecule has 0 spiro atoms. The fraction of sp³-hybridized carbons (Fsp3) is 0.263. The summed E-state index contributed by atoms with van der Waals surface area (Å²) >= 11 is 11.9. The molecule has 1 amide bonds. The lowest BCUT2D eigenvalue weighted by atomic mass is 10.2. The molecule has 0 fully saturated rings. The quantitative estimate of drug-likeness (QED) is 0.672. The third-order valence-corrected chi connectivity index (χ3v) is 4.05. The average Bonchev–Trinajstić information content (AvgIpc) is 2.61. The highest BCUT2D eigenvalue weighted by molar-refractivity contribution is 6.34. The predicted octanol–water partition coefficient (Wildman–Crippen LogP) is 4.97. The van der Waals surface area contributed by atoms with E-state index in [4.69, 9.17) is 32.7 Å². The first-order valence-corrected chi connectivity index (χ1v) is 8.90. The smallest absolute Gasteiger partial charge is 0.339 e. The Morgan fingerprint density at radius 1 is 1.08 bits per heavy atom. The van der Waals surface area contributed by atoms with Gasteiger partial charge in [-0.15, -0.1) is 0 Å². The Balaban J connectivity index is 2.06. The van der Waals surface area contributed by atoms with Crippen molar-refractivity contribution in [3.63, 3.8) is 0 Å². The van der Waals surface area contributed by atoms with Crippen LogP contribution in [0.1, 0.15) is 30.6 Å². The van der Waals surface area contributed by atoms with Gasteiger partial charge in [-0.3, -0.25) is 4.79 Å². The molecule has 0 aliphatic heterocycles. The summed E-state index contributed by atoms with van der Waals surface area (Å²) in [6.07, 6.45) is -0.206. The van der Waals surface area contributed by atoms with E-state index in [0.717, 1.165) is 0 Å². The van der Waals surface area contributed by atoms with E-state index in [9.17, 15) is 9.59 Å². The molecule has 1 unspecified atom stereocenters. The maximum absolute atomic E-state index is 12.5. The first-order valence-electron chi connectivity index (χ1n) is 8.14. The Labute approximate surface area is 162 Å². The van der Waals surface area contributed by atoms with Crippen molar-refractivity contribution in [3.05, 3.63) is 58.1 Å². The number of nitrogens with one attached hydrogen (secondary N) is 1. The molecule has 0 saturated heterocycles. The summed E-state index contributed by atoms with van der Waals surface area (Å²) in [6.45, 7) is 3.82. The van der Waals surface area contributed by atoms with Gasteiger partial charge in [-0.05, 0) is 55.8 Å². The van der Waals surface area contributed by atoms with Crippen LogP contribution in [-0.4, -0.2) is 24.6 Å². The van der Waals surface area contributed by atoms with E-state index in [1.165, 1.54) is 12.1 Å². The summed E-state index contributed by atoms with van der Waals surface area (Å²) in [6, 6.07) is 11.4. The fourth-order valence-corrected chi connectivity index (χ4v) is 2.57. The van der Waals surface area contributed by atoms with Crippen molar-refractivity contribution in [1.29, 1.82) is 0 Å². The number of esters is 1. The van der Waals surface area contributed by atoms with Crippen LogP contribution < -0.4 is 10.1 Å². The van der Waals surface area contributed by atoms with Crippen LogP contribution in [0.4, 0.5) is 5.69 Å². The highest BCUT2D eigenvalue weighted by Crippen LogP contribution is 2.23. The van der Waals surface area contributed by atoms with Crippen LogP contribution in [0.5, 0.6) is 5.75 Å². The molecule has 0 bridgehead atoms. The van der Waals surface area contributed by atoms with Crippen LogP contribution in [0.25, 0.3) is 0 Å². The van der Waals surface area contributed by atoms with E-state index in [1.807, 2.05) is 6.92 Å². The zero-order chi connectivity index (χ0) is 19.1. The predicted molar refractivity (Wildman–Crippen MR) is 102 cm³/mol. The molecule has 26 heavy (non-hydrogen) atoms. The second-order valence-corrected chi connectivity index (χ2v) is 6.22. The van der Waals surface area contributed by atoms with E-state index in [-0.39, 0.29) is 23.1 Å². The highest BCUT2D eigenvalue weighted by Gasteiger charge is 2.19. The minimum atomic E-state index is -0.681. The summed E-state index contributed by atoms with van der Waals surface area (Å²) in [5.41, 5.74) is 0.710. The maximum atomic E-state index is 12.5. The SMILES string of the molecule is CCOC(=O)c1ccc(NC(=O)C(CC)Oc2ccc(Cl)cc2)cc1Cl. The minimum absolute atomic E-state index is 0.202. The molecule has 1 atom stereocenters. The third-order valence-electron chi connectivity index (χ3n) is 3.49. The molecule has 0 aliphatic carbocycles. The summed E-state index contributed by atoms with van der Waals surface area (Å²) in [7, 11) is 0. The van der Waals surface area contributed by atoms with Gasteiger partial charge in [0.25, 0.3) is 5.91 Å². The third kappa shape index (κ3) is 5.38. The van der Waals surface area contributed by atoms with Gasteiger partial charge in [0.1, 0.15) is 5.75 Å². The Hall–Kier alpha value is -2.24. The van der Waals surface area contributed by atoms with E-state index in [1.54, 1.807) is 37.3 Å². The molecule has 0 radical (unpaired) electrons. The molecule has 0 saturated carbocycles. The first-order chi connectivity index (χ1) is 12.4. The van der Waals surface area contributed by atoms with Crippen LogP contribution >= 0.6 is 23.2 Å². The molecule has 2 aromatic rings. The number of ether oxygens (including phenoxy) is 2. The van der Waals surface area contributed by atoms with Gasteiger partial charge in [0, 0.05) is 10.7 Å². The number of amides is 1. The van der Waals surface area contributed by atoms with Gasteiger partial charge >= 0.3 is 5.97 Å². The van der Waals surface area contributed by atoms with Crippen molar-refractivity contribution >= 4 is 40.8 Å². The Morgan fingerprint density at radius 2 is 1.77 bits per heavy atom. The molecular formula is C19H19Cl2NO4. The van der Waals surface area contributed by atoms with Crippen LogP contribution in [-0.2, 0) is 9.53 Å². The van der Waals surface area contributed by atoms with Gasteiger partial charge in [0.05, 0.1) is 17.2 Å². The Bertz CT molecular complexity index is 778. The number of rotatable bonds is 7. The van der Waals surface area contributed by atoms with Gasteiger partial charge in [0.15, 0.2) is 6.10 Å². The molecule has 5 nitrogen and oxygen atoms in total. The molecule has 2 rings (SSSR count). The van der Waals surface area contributed by atoms with Crippen molar-refractivity contribution in [3.8, 4) is 5.75 Å². The lowest BCUT2D eigenvalue weighted by Gasteiger charge is -2.17. The van der Waals surface area contributed by atoms with E-state index >= 15 is 0 Å². The number of hydrogen-bond donors (Lipinski definition) is 1. The highest BCUT2D eigenvalue weighted by atomic mass is 35.5. The minimum Gasteiger partial charge on any atom is -0.481 e. The number of halogens is 2. The summed E-state index contributed by atoms with van der Waals surface area (Å²) in [5.74, 6) is -0.276. The monoisotopic (exact) mass is 395 g/mol. The van der Waals surface area contributed by atoms with Crippen LogP contribution in [0.15, 0.2) is 42.5 Å². The molecule has 7 heteroatoms. The van der Waals surface area contributed by atoms with Gasteiger partial charge in [-0.1, -0.05) is 30.1 Å². The first kappa shape index (κ1) is 20.1. The van der Waals surface area contributed by atoms with E-state index < -0.39 is 12.1 Å². The second-order valence-electron chi connectivity index (χ2n) is 5.37. The Morgan fingerprint density at radius 3 is 2.35 bits per heavy atom. The average molecular weight is 396 g/mol. The van der Waals surface area contributed by atoms with Crippen molar-refractivity contribution in [1.82, 2.24) is 0 Å². The lowest BCUT2D eigenvalue weighted by molar-refractivity contribution is -0.122. The molecule has 138 valence electrons. The van der Waals surface area contributed by atoms with Crippen LogP contribution in [0, 0.1) is 0 Å². The zero-order valence-electron chi connectivity index (χ0n) is 14.4. The molecule has 0 aliphatic rings. The maximum Gasteiger partial charge on any atom is 0.339 e. The number of benzene rings is 2. The molecule has 0 heterocycles. The van der Waals surface area contributed by atoms with Crippen molar-refractivity contribution in [2.75, 3.05) is 11.9 Å². The number of carbonyl (C=O) groups excluding carboxylic acids is 2. The second kappa shape index (κ2) is 9.46. The lowest BCUT2D eigenvalue weighted by Crippen LogP contribution is -2.32. The van der Waals surface area contributed by atoms with Crippen molar-refractivity contribution in [2.45, 2.75) is 26.4 Å². The number of carbonyl (C=O) groups is 2.